The Hall–Kier alpha value is 0.740. The van der Waals surface area contributed by atoms with E-state index < -0.39 is 0 Å². The lowest BCUT2D eigenvalue weighted by Crippen LogP contribution is -2.18. The summed E-state index contributed by atoms with van der Waals surface area (Å²) in [5, 5.41) is 0. The molecule has 0 amide bonds. The van der Waals surface area contributed by atoms with Crippen LogP contribution in [0.1, 0.15) is 27.2 Å². The van der Waals surface area contributed by atoms with Crippen molar-refractivity contribution in [3.8, 4) is 0 Å². The molecule has 1 unspecified atom stereocenters. The summed E-state index contributed by atoms with van der Waals surface area (Å²) in [7, 11) is 0.0788. The van der Waals surface area contributed by atoms with Crippen LogP contribution in [-0.2, 0) is 4.18 Å². The van der Waals surface area contributed by atoms with Crippen LogP contribution in [0.2, 0.25) is 0 Å². The predicted octanol–water partition coefficient (Wildman–Crippen LogP) is 2.63. The van der Waals surface area contributed by atoms with E-state index in [1.165, 1.54) is 11.7 Å². The SMILES string of the molecule is [3H]PSOC(C)(C)CC. The minimum Gasteiger partial charge on any atom is -0.306 e. The van der Waals surface area contributed by atoms with Crippen molar-refractivity contribution >= 4 is 20.0 Å². The highest BCUT2D eigenvalue weighted by atomic mass is 32.7. The summed E-state index contributed by atoms with van der Waals surface area (Å²) >= 11 is 1.23. The van der Waals surface area contributed by atoms with Gasteiger partial charge in [0.05, 0.1) is 6.88 Å². The summed E-state index contributed by atoms with van der Waals surface area (Å²) in [6.45, 7) is 6.13. The van der Waals surface area contributed by atoms with Crippen molar-refractivity contribution < 1.29 is 4.18 Å². The maximum atomic E-state index is 6.82. The molecule has 1 atom stereocenters. The van der Waals surface area contributed by atoms with E-state index in [0.717, 1.165) is 6.42 Å². The first-order valence-corrected chi connectivity index (χ1v) is 4.60. The number of rotatable bonds is 4. The van der Waals surface area contributed by atoms with E-state index in [0.29, 0.717) is 0 Å². The highest BCUT2D eigenvalue weighted by molar-refractivity contribution is 8.41. The molecule has 0 aromatic rings. The van der Waals surface area contributed by atoms with Gasteiger partial charge in [-0.05, 0) is 28.7 Å². The van der Waals surface area contributed by atoms with Crippen LogP contribution >= 0.6 is 20.0 Å². The molecule has 0 radical (unpaired) electrons. The average molecular weight is 154 g/mol. The first kappa shape index (κ1) is 6.85. The monoisotopic (exact) mass is 154 g/mol. The molecule has 3 heteroatoms. The Balaban J connectivity index is 3.33. The van der Waals surface area contributed by atoms with Gasteiger partial charge in [-0.1, -0.05) is 6.92 Å². The minimum atomic E-state index is -0.0568. The fraction of sp³-hybridized carbons (Fsp3) is 1.00. The lowest BCUT2D eigenvalue weighted by Gasteiger charge is -2.19. The molecule has 0 aromatic carbocycles. The Morgan fingerprint density at radius 2 is 2.50 bits per heavy atom. The summed E-state index contributed by atoms with van der Waals surface area (Å²) < 4.78 is 12.1. The molecule has 0 aliphatic rings. The van der Waals surface area contributed by atoms with Gasteiger partial charge in [-0.25, -0.2) is 0 Å². The van der Waals surface area contributed by atoms with E-state index in [-0.39, 0.29) is 14.0 Å². The van der Waals surface area contributed by atoms with Crippen LogP contribution in [0.5, 0.6) is 0 Å². The van der Waals surface area contributed by atoms with Crippen LogP contribution in [0.25, 0.3) is 0 Å². The first-order chi connectivity index (χ1) is 4.12. The second kappa shape index (κ2) is 3.71. The molecule has 0 rings (SSSR count). The van der Waals surface area contributed by atoms with Gasteiger partial charge in [0.1, 0.15) is 0 Å². The maximum absolute atomic E-state index is 6.82. The lowest BCUT2D eigenvalue weighted by molar-refractivity contribution is 0.139. The van der Waals surface area contributed by atoms with Crippen LogP contribution in [0.15, 0.2) is 0 Å². The Morgan fingerprint density at radius 3 is 2.88 bits per heavy atom. The topological polar surface area (TPSA) is 9.23 Å². The summed E-state index contributed by atoms with van der Waals surface area (Å²) in [4.78, 5) is 0. The Kier molecular flexibility index (Phi) is 3.18. The van der Waals surface area contributed by atoms with E-state index in [1.54, 1.807) is 0 Å². The predicted molar refractivity (Wildman–Crippen MR) is 42.8 cm³/mol. The van der Waals surface area contributed by atoms with Crippen LogP contribution in [0.4, 0.5) is 0 Å². The van der Waals surface area contributed by atoms with Crippen molar-refractivity contribution in [1.82, 2.24) is 0 Å². The zero-order valence-corrected chi connectivity index (χ0v) is 7.34. The Labute approximate surface area is 59.0 Å². The van der Waals surface area contributed by atoms with Gasteiger partial charge in [0, 0.05) is 11.7 Å². The third-order valence-corrected chi connectivity index (χ3v) is 1.90. The fourth-order valence-corrected chi connectivity index (χ4v) is 1.19. The summed E-state index contributed by atoms with van der Waals surface area (Å²) in [5.74, 6) is 0. The Morgan fingerprint density at radius 1 is 1.88 bits per heavy atom. The zero-order valence-electron chi connectivity index (χ0n) is 6.52. The van der Waals surface area contributed by atoms with Crippen LogP contribution in [0, 0.1) is 0 Å². The molecule has 8 heavy (non-hydrogen) atoms. The lowest BCUT2D eigenvalue weighted by atomic mass is 10.1. The van der Waals surface area contributed by atoms with Gasteiger partial charge in [0.2, 0.25) is 0 Å². The maximum Gasteiger partial charge on any atom is 0.0774 e. The van der Waals surface area contributed by atoms with E-state index in [2.05, 4.69) is 6.92 Å². The standard InChI is InChI=1S/C5H13OPS/c1-4-5(2,3)6-8-7/h4,7H2,1-3H3/i7T. The summed E-state index contributed by atoms with van der Waals surface area (Å²) in [5.41, 5.74) is -0.0568. The van der Waals surface area contributed by atoms with E-state index in [9.17, 15) is 0 Å². The first-order valence-electron chi connectivity index (χ1n) is 3.14. The Bertz CT molecular complexity index is 79.4. The van der Waals surface area contributed by atoms with E-state index >= 15 is 0 Å². The second-order valence-corrected chi connectivity index (χ2v) is 3.11. The average Bonchev–Trinajstić information content (AvgIpc) is 1.84. The van der Waals surface area contributed by atoms with Crippen molar-refractivity contribution in [2.75, 3.05) is 0 Å². The highest BCUT2D eigenvalue weighted by Gasteiger charge is 2.14. The molecule has 0 fully saturated rings. The molecule has 0 aliphatic carbocycles. The van der Waals surface area contributed by atoms with Crippen molar-refractivity contribution in [2.24, 2.45) is 0 Å². The van der Waals surface area contributed by atoms with Crippen molar-refractivity contribution in [3.63, 3.8) is 0 Å². The zero-order chi connectivity index (χ0) is 7.33. The molecular formula is C5H13OPS. The third-order valence-electron chi connectivity index (χ3n) is 1.12. The molecule has 0 saturated heterocycles. The quantitative estimate of drug-likeness (QED) is 0.454. The molecule has 0 N–H and O–H groups in total. The molecular weight excluding hydrogens is 139 g/mol. The van der Waals surface area contributed by atoms with Crippen LogP contribution < -0.4 is 0 Å². The van der Waals surface area contributed by atoms with E-state index in [1.807, 2.05) is 13.8 Å². The molecule has 50 valence electrons. The van der Waals surface area contributed by atoms with E-state index in [4.69, 9.17) is 5.46 Å². The molecule has 0 heterocycles. The number of hydrogen-bond donors (Lipinski definition) is 0. The molecule has 1 nitrogen and oxygen atoms in total. The van der Waals surface area contributed by atoms with Crippen LogP contribution in [0.3, 0.4) is 0 Å². The van der Waals surface area contributed by atoms with Gasteiger partial charge in [0.15, 0.2) is 0 Å². The van der Waals surface area contributed by atoms with Gasteiger partial charge in [-0.2, -0.15) is 0 Å². The largest absolute Gasteiger partial charge is 0.306 e. The molecule has 0 spiro atoms. The fourth-order valence-electron chi connectivity index (χ4n) is 0.172. The highest BCUT2D eigenvalue weighted by Crippen LogP contribution is 2.24. The van der Waals surface area contributed by atoms with Gasteiger partial charge in [0.25, 0.3) is 0 Å². The third kappa shape index (κ3) is 3.71. The molecule has 0 saturated carbocycles. The minimum absolute atomic E-state index is 0.0568. The summed E-state index contributed by atoms with van der Waals surface area (Å²) in [6.07, 6.45) is 0.991. The normalized spacial score (nSPS) is 15.1. The van der Waals surface area contributed by atoms with Gasteiger partial charge in [-0.15, -0.1) is 0 Å². The number of hydrogen-bond acceptors (Lipinski definition) is 2. The van der Waals surface area contributed by atoms with Gasteiger partial charge in [-0.3, -0.25) is 0 Å². The summed E-state index contributed by atoms with van der Waals surface area (Å²) in [6, 6.07) is 0. The molecule has 0 aliphatic heterocycles. The smallest absolute Gasteiger partial charge is 0.0774 e. The van der Waals surface area contributed by atoms with Gasteiger partial charge < -0.3 is 4.18 Å². The van der Waals surface area contributed by atoms with Crippen molar-refractivity contribution in [1.29, 1.82) is 1.28 Å². The molecule has 0 bridgehead atoms. The van der Waals surface area contributed by atoms with Crippen molar-refractivity contribution in [2.45, 2.75) is 32.8 Å². The van der Waals surface area contributed by atoms with Crippen LogP contribution in [-0.4, -0.2) is 6.88 Å². The molecule has 0 aromatic heterocycles. The van der Waals surface area contributed by atoms with Gasteiger partial charge >= 0.3 is 0 Å². The second-order valence-electron chi connectivity index (χ2n) is 2.28. The van der Waals surface area contributed by atoms with Crippen molar-refractivity contribution in [3.05, 3.63) is 0 Å².